The molecule has 0 spiro atoms. The van der Waals surface area contributed by atoms with E-state index in [4.69, 9.17) is 5.11 Å². The maximum absolute atomic E-state index is 10.6. The lowest BCUT2D eigenvalue weighted by molar-refractivity contribution is 0.0697. The Labute approximate surface area is 105 Å². The van der Waals surface area contributed by atoms with Gasteiger partial charge in [-0.1, -0.05) is 6.92 Å². The fraction of sp³-hybridized carbons (Fsp3) is 0.417. The van der Waals surface area contributed by atoms with Crippen LogP contribution in [0, 0.1) is 0 Å². The highest BCUT2D eigenvalue weighted by Gasteiger charge is 2.01. The van der Waals surface area contributed by atoms with E-state index in [0.29, 0.717) is 5.56 Å². The summed E-state index contributed by atoms with van der Waals surface area (Å²) < 4.78 is 0. The molecule has 1 aromatic rings. The van der Waals surface area contributed by atoms with Gasteiger partial charge in [0.15, 0.2) is 0 Å². The maximum Gasteiger partial charge on any atom is 0.335 e. The quantitative estimate of drug-likeness (QED) is 0.597. The zero-order valence-corrected chi connectivity index (χ0v) is 10.9. The van der Waals surface area contributed by atoms with Crippen LogP contribution in [-0.2, 0) is 0 Å². The Bertz CT molecular complexity index is 322. The molecule has 0 aliphatic rings. The van der Waals surface area contributed by atoms with Crippen LogP contribution in [-0.4, -0.2) is 28.3 Å². The third-order valence-corrected chi connectivity index (χ3v) is 4.09. The number of carboxylic acids is 1. The van der Waals surface area contributed by atoms with Gasteiger partial charge in [0.25, 0.3) is 0 Å². The number of hydrogen-bond donors (Lipinski definition) is 1. The first kappa shape index (κ1) is 13.5. The zero-order chi connectivity index (χ0) is 11.8. The molecule has 0 heterocycles. The Morgan fingerprint density at radius 2 is 1.94 bits per heavy atom. The predicted molar refractivity (Wildman–Crippen MR) is 71.7 cm³/mol. The largest absolute Gasteiger partial charge is 0.478 e. The summed E-state index contributed by atoms with van der Waals surface area (Å²) in [4.78, 5) is 11.8. The molecule has 0 aliphatic heterocycles. The molecular formula is C12H16O2S2. The van der Waals surface area contributed by atoms with Crippen LogP contribution in [0.4, 0.5) is 0 Å². The van der Waals surface area contributed by atoms with E-state index in [-0.39, 0.29) is 0 Å². The van der Waals surface area contributed by atoms with Crippen LogP contribution in [0.5, 0.6) is 0 Å². The minimum absolute atomic E-state index is 0.353. The van der Waals surface area contributed by atoms with Crippen molar-refractivity contribution < 1.29 is 9.90 Å². The fourth-order valence-corrected chi connectivity index (χ4v) is 2.86. The molecular weight excluding hydrogens is 240 g/mol. The lowest BCUT2D eigenvalue weighted by Crippen LogP contribution is -1.94. The van der Waals surface area contributed by atoms with Gasteiger partial charge in [-0.3, -0.25) is 0 Å². The van der Waals surface area contributed by atoms with Gasteiger partial charge in [-0.25, -0.2) is 4.79 Å². The maximum atomic E-state index is 10.6. The van der Waals surface area contributed by atoms with Gasteiger partial charge in [0, 0.05) is 4.90 Å². The second-order valence-corrected chi connectivity index (χ2v) is 5.79. The molecule has 88 valence electrons. The average molecular weight is 256 g/mol. The Morgan fingerprint density at radius 3 is 2.50 bits per heavy atom. The summed E-state index contributed by atoms with van der Waals surface area (Å²) in [5.74, 6) is 2.62. The number of hydrogen-bond acceptors (Lipinski definition) is 3. The van der Waals surface area contributed by atoms with Crippen molar-refractivity contribution in [3.63, 3.8) is 0 Å². The van der Waals surface area contributed by atoms with E-state index in [1.54, 1.807) is 23.9 Å². The molecule has 0 saturated heterocycles. The highest BCUT2D eigenvalue weighted by atomic mass is 32.2. The van der Waals surface area contributed by atoms with Crippen LogP contribution in [0.3, 0.4) is 0 Å². The number of benzene rings is 1. The summed E-state index contributed by atoms with van der Waals surface area (Å²) in [6.07, 6.45) is 1.20. The Kier molecular flexibility index (Phi) is 6.42. The molecule has 2 nitrogen and oxygen atoms in total. The van der Waals surface area contributed by atoms with Crippen LogP contribution in [0.15, 0.2) is 29.2 Å². The fourth-order valence-electron chi connectivity index (χ4n) is 1.19. The van der Waals surface area contributed by atoms with E-state index in [9.17, 15) is 4.79 Å². The summed E-state index contributed by atoms with van der Waals surface area (Å²) in [5.41, 5.74) is 0.353. The molecule has 0 bridgehead atoms. The topological polar surface area (TPSA) is 37.3 Å². The van der Waals surface area contributed by atoms with Crippen molar-refractivity contribution in [1.29, 1.82) is 0 Å². The zero-order valence-electron chi connectivity index (χ0n) is 9.31. The molecule has 0 aromatic heterocycles. The van der Waals surface area contributed by atoms with Crippen molar-refractivity contribution in [2.24, 2.45) is 0 Å². The van der Waals surface area contributed by atoms with Gasteiger partial charge in [-0.05, 0) is 47.9 Å². The highest BCUT2D eigenvalue weighted by Crippen LogP contribution is 2.20. The Balaban J connectivity index is 2.29. The molecule has 16 heavy (non-hydrogen) atoms. The van der Waals surface area contributed by atoms with E-state index in [2.05, 4.69) is 6.92 Å². The van der Waals surface area contributed by atoms with E-state index in [1.165, 1.54) is 17.9 Å². The van der Waals surface area contributed by atoms with Gasteiger partial charge in [0.2, 0.25) is 0 Å². The number of carbonyl (C=O) groups is 1. The number of rotatable bonds is 7. The molecule has 0 radical (unpaired) electrons. The van der Waals surface area contributed by atoms with E-state index in [0.717, 1.165) is 10.6 Å². The summed E-state index contributed by atoms with van der Waals surface area (Å²) in [5, 5.41) is 8.74. The summed E-state index contributed by atoms with van der Waals surface area (Å²) >= 11 is 3.74. The summed E-state index contributed by atoms with van der Waals surface area (Å²) in [6, 6.07) is 7.07. The molecule has 0 amide bonds. The smallest absolute Gasteiger partial charge is 0.335 e. The van der Waals surface area contributed by atoms with Gasteiger partial charge in [-0.15, -0.1) is 11.8 Å². The van der Waals surface area contributed by atoms with Crippen LogP contribution in [0.1, 0.15) is 23.7 Å². The molecule has 1 aromatic carbocycles. The highest BCUT2D eigenvalue weighted by molar-refractivity contribution is 8.00. The Morgan fingerprint density at radius 1 is 1.25 bits per heavy atom. The van der Waals surface area contributed by atoms with Crippen molar-refractivity contribution in [3.8, 4) is 0 Å². The van der Waals surface area contributed by atoms with E-state index >= 15 is 0 Å². The minimum Gasteiger partial charge on any atom is -0.478 e. The predicted octanol–water partition coefficient (Wildman–Crippen LogP) is 3.62. The average Bonchev–Trinajstić information content (AvgIpc) is 2.29. The van der Waals surface area contributed by atoms with Crippen LogP contribution < -0.4 is 0 Å². The van der Waals surface area contributed by atoms with Crippen LogP contribution in [0.2, 0.25) is 0 Å². The second-order valence-electron chi connectivity index (χ2n) is 3.23. The summed E-state index contributed by atoms with van der Waals surface area (Å²) in [7, 11) is 0. The second kappa shape index (κ2) is 7.63. The van der Waals surface area contributed by atoms with Crippen molar-refractivity contribution >= 4 is 29.5 Å². The van der Waals surface area contributed by atoms with E-state index < -0.39 is 5.97 Å². The monoisotopic (exact) mass is 256 g/mol. The van der Waals surface area contributed by atoms with Crippen LogP contribution in [0.25, 0.3) is 0 Å². The minimum atomic E-state index is -0.865. The van der Waals surface area contributed by atoms with Gasteiger partial charge in [-0.2, -0.15) is 11.8 Å². The number of carboxylic acid groups (broad SMARTS) is 1. The van der Waals surface area contributed by atoms with Gasteiger partial charge in [0.1, 0.15) is 0 Å². The molecule has 4 heteroatoms. The molecule has 1 N–H and O–H groups in total. The number of aromatic carboxylic acids is 1. The van der Waals surface area contributed by atoms with Crippen molar-refractivity contribution in [2.75, 3.05) is 17.3 Å². The summed E-state index contributed by atoms with van der Waals surface area (Å²) in [6.45, 7) is 2.17. The third kappa shape index (κ3) is 4.94. The van der Waals surface area contributed by atoms with Crippen molar-refractivity contribution in [3.05, 3.63) is 29.8 Å². The van der Waals surface area contributed by atoms with Crippen LogP contribution >= 0.6 is 23.5 Å². The normalized spacial score (nSPS) is 10.3. The lowest BCUT2D eigenvalue weighted by atomic mass is 10.2. The van der Waals surface area contributed by atoms with Crippen molar-refractivity contribution in [2.45, 2.75) is 18.2 Å². The number of thioether (sulfide) groups is 2. The molecule has 0 saturated carbocycles. The first-order valence-corrected chi connectivity index (χ1v) is 7.42. The molecule has 0 fully saturated rings. The van der Waals surface area contributed by atoms with Gasteiger partial charge < -0.3 is 5.11 Å². The Hall–Kier alpha value is -0.610. The van der Waals surface area contributed by atoms with Gasteiger partial charge >= 0.3 is 5.97 Å². The third-order valence-electron chi connectivity index (χ3n) is 2.01. The molecule has 0 atom stereocenters. The SMILES string of the molecule is CCSCCCSc1ccc(C(=O)O)cc1. The standard InChI is InChI=1S/C12H16O2S2/c1-2-15-8-3-9-16-11-6-4-10(5-7-11)12(13)14/h4-7H,2-3,8-9H2,1H3,(H,13,14). The van der Waals surface area contributed by atoms with E-state index in [1.807, 2.05) is 23.9 Å². The van der Waals surface area contributed by atoms with Gasteiger partial charge in [0.05, 0.1) is 5.56 Å². The van der Waals surface area contributed by atoms with Crippen molar-refractivity contribution in [1.82, 2.24) is 0 Å². The first-order valence-electron chi connectivity index (χ1n) is 5.28. The first-order chi connectivity index (χ1) is 7.74. The lowest BCUT2D eigenvalue weighted by Gasteiger charge is -2.02. The molecule has 0 unspecified atom stereocenters. The molecule has 1 rings (SSSR count). The molecule has 0 aliphatic carbocycles.